The summed E-state index contributed by atoms with van der Waals surface area (Å²) in [6.45, 7) is 8.58. The van der Waals surface area contributed by atoms with Crippen molar-refractivity contribution in [3.63, 3.8) is 0 Å². The monoisotopic (exact) mass is 315 g/mol. The van der Waals surface area contributed by atoms with E-state index in [2.05, 4.69) is 33.0 Å². The average Bonchev–Trinajstić information content (AvgIpc) is 3.06. The highest BCUT2D eigenvalue weighted by Crippen LogP contribution is 2.27. The van der Waals surface area contributed by atoms with E-state index in [1.165, 1.54) is 5.69 Å². The minimum atomic E-state index is -0.105. The number of nitrogens with one attached hydrogen (secondary N) is 1. The van der Waals surface area contributed by atoms with Crippen molar-refractivity contribution in [3.8, 4) is 0 Å². The molecule has 0 radical (unpaired) electrons. The molecule has 1 aliphatic heterocycles. The number of amides is 1. The summed E-state index contributed by atoms with van der Waals surface area (Å²) in [6, 6.07) is 2.07. The predicted octanol–water partition coefficient (Wildman–Crippen LogP) is 2.09. The number of aromatic nitrogens is 4. The second-order valence-corrected chi connectivity index (χ2v) is 6.40. The van der Waals surface area contributed by atoms with Gasteiger partial charge in [0.1, 0.15) is 5.82 Å². The second-order valence-electron chi connectivity index (χ2n) is 6.40. The molecule has 1 atom stereocenters. The molecule has 0 fully saturated rings. The molecule has 2 aromatic rings. The molecule has 1 aliphatic rings. The van der Waals surface area contributed by atoms with Gasteiger partial charge in [-0.1, -0.05) is 0 Å². The quantitative estimate of drug-likeness (QED) is 0.859. The highest BCUT2D eigenvalue weighted by Gasteiger charge is 2.28. The van der Waals surface area contributed by atoms with Crippen molar-refractivity contribution in [2.24, 2.45) is 0 Å². The number of hydrogen-bond acceptors (Lipinski definition) is 3. The Morgan fingerprint density at radius 1 is 1.35 bits per heavy atom. The normalized spacial score (nSPS) is 17.1. The number of imidazole rings is 1. The molecule has 6 nitrogen and oxygen atoms in total. The molecule has 1 amide bonds. The maximum absolute atomic E-state index is 12.5. The molecule has 0 saturated heterocycles. The van der Waals surface area contributed by atoms with Crippen molar-refractivity contribution in [3.05, 3.63) is 35.2 Å². The van der Waals surface area contributed by atoms with E-state index in [1.807, 2.05) is 24.7 Å². The smallest absolute Gasteiger partial charge is 0.230 e. The van der Waals surface area contributed by atoms with Crippen molar-refractivity contribution in [2.75, 3.05) is 6.54 Å². The van der Waals surface area contributed by atoms with Crippen molar-refractivity contribution < 1.29 is 4.79 Å². The molecule has 0 saturated carbocycles. The molecule has 0 aliphatic carbocycles. The average molecular weight is 315 g/mol. The van der Waals surface area contributed by atoms with Gasteiger partial charge in [0, 0.05) is 37.2 Å². The number of carbonyl (C=O) groups excluding carboxylic acids is 1. The first-order valence-electron chi connectivity index (χ1n) is 8.37. The van der Waals surface area contributed by atoms with Gasteiger partial charge in [-0.15, -0.1) is 0 Å². The molecule has 1 N–H and O–H groups in total. The molecule has 23 heavy (non-hydrogen) atoms. The Bertz CT molecular complexity index is 700. The van der Waals surface area contributed by atoms with Gasteiger partial charge in [0.25, 0.3) is 0 Å². The van der Waals surface area contributed by atoms with Crippen LogP contribution >= 0.6 is 0 Å². The molecule has 124 valence electrons. The van der Waals surface area contributed by atoms with Crippen LogP contribution in [0, 0.1) is 20.8 Å². The van der Waals surface area contributed by atoms with Gasteiger partial charge in [-0.25, -0.2) is 4.98 Å². The van der Waals surface area contributed by atoms with Gasteiger partial charge >= 0.3 is 0 Å². The summed E-state index contributed by atoms with van der Waals surface area (Å²) >= 11 is 0. The minimum Gasteiger partial charge on any atom is -0.355 e. The van der Waals surface area contributed by atoms with Gasteiger partial charge in [-0.3, -0.25) is 9.48 Å². The molecule has 3 heterocycles. The van der Waals surface area contributed by atoms with Gasteiger partial charge in [-0.05, 0) is 46.1 Å². The largest absolute Gasteiger partial charge is 0.355 e. The van der Waals surface area contributed by atoms with Crippen molar-refractivity contribution in [1.29, 1.82) is 0 Å². The van der Waals surface area contributed by atoms with Gasteiger partial charge in [-0.2, -0.15) is 5.10 Å². The van der Waals surface area contributed by atoms with Crippen LogP contribution < -0.4 is 5.32 Å². The summed E-state index contributed by atoms with van der Waals surface area (Å²) in [5.41, 5.74) is 3.34. The van der Waals surface area contributed by atoms with Crippen molar-refractivity contribution in [1.82, 2.24) is 24.6 Å². The molecular weight excluding hydrogens is 290 g/mol. The number of nitrogens with zero attached hydrogens (tertiary/aromatic N) is 4. The Hall–Kier alpha value is -2.11. The number of hydrogen-bond donors (Lipinski definition) is 1. The van der Waals surface area contributed by atoms with E-state index in [0.717, 1.165) is 49.6 Å². The third kappa shape index (κ3) is 3.30. The molecule has 6 heteroatoms. The molecule has 3 rings (SSSR count). The lowest BCUT2D eigenvalue weighted by atomic mass is 9.98. The molecule has 2 aromatic heterocycles. The van der Waals surface area contributed by atoms with E-state index in [0.29, 0.717) is 6.54 Å². The van der Waals surface area contributed by atoms with Crippen LogP contribution in [0.1, 0.15) is 48.1 Å². The summed E-state index contributed by atoms with van der Waals surface area (Å²) in [7, 11) is 0. The van der Waals surface area contributed by atoms with E-state index in [1.54, 1.807) is 0 Å². The van der Waals surface area contributed by atoms with Gasteiger partial charge < -0.3 is 9.88 Å². The van der Waals surface area contributed by atoms with Crippen LogP contribution in [0.25, 0.3) is 0 Å². The lowest BCUT2D eigenvalue weighted by molar-refractivity contribution is -0.123. The first-order chi connectivity index (χ1) is 11.1. The number of carbonyl (C=O) groups is 1. The van der Waals surface area contributed by atoms with Crippen LogP contribution in [-0.2, 0) is 17.9 Å². The Morgan fingerprint density at radius 2 is 2.17 bits per heavy atom. The third-order valence-corrected chi connectivity index (χ3v) is 4.54. The lowest BCUT2D eigenvalue weighted by Crippen LogP contribution is -2.34. The summed E-state index contributed by atoms with van der Waals surface area (Å²) in [6.07, 6.45) is 4.67. The second kappa shape index (κ2) is 6.56. The summed E-state index contributed by atoms with van der Waals surface area (Å²) in [4.78, 5) is 16.9. The lowest BCUT2D eigenvalue weighted by Gasteiger charge is -2.23. The molecule has 1 unspecified atom stereocenters. The summed E-state index contributed by atoms with van der Waals surface area (Å²) in [5.74, 6) is 0.917. The van der Waals surface area contributed by atoms with Crippen LogP contribution in [0.15, 0.2) is 12.3 Å². The van der Waals surface area contributed by atoms with E-state index < -0.39 is 0 Å². The fraction of sp³-hybridized carbons (Fsp3) is 0.588. The maximum Gasteiger partial charge on any atom is 0.230 e. The highest BCUT2D eigenvalue weighted by molar-refractivity contribution is 5.82. The number of aryl methyl sites for hydroxylation is 4. The van der Waals surface area contributed by atoms with Crippen LogP contribution in [0.5, 0.6) is 0 Å². The first kappa shape index (κ1) is 15.8. The van der Waals surface area contributed by atoms with Gasteiger partial charge in [0.05, 0.1) is 11.6 Å². The number of fused-ring (bicyclic) bond motifs is 1. The zero-order chi connectivity index (χ0) is 16.4. The Labute approximate surface area is 136 Å². The maximum atomic E-state index is 12.5. The van der Waals surface area contributed by atoms with Crippen LogP contribution in [-0.4, -0.2) is 31.8 Å². The Kier molecular flexibility index (Phi) is 4.50. The Morgan fingerprint density at radius 3 is 2.91 bits per heavy atom. The topological polar surface area (TPSA) is 64.7 Å². The minimum absolute atomic E-state index is 0.102. The summed E-state index contributed by atoms with van der Waals surface area (Å²) < 4.78 is 4.17. The number of rotatable bonds is 5. The van der Waals surface area contributed by atoms with E-state index in [4.69, 9.17) is 0 Å². The van der Waals surface area contributed by atoms with Crippen molar-refractivity contribution in [2.45, 2.75) is 59.0 Å². The van der Waals surface area contributed by atoms with E-state index in [-0.39, 0.29) is 11.8 Å². The van der Waals surface area contributed by atoms with Crippen molar-refractivity contribution >= 4 is 5.91 Å². The molecule has 0 bridgehead atoms. The zero-order valence-corrected chi connectivity index (χ0v) is 14.2. The standard InChI is InChI=1S/C17H25N5O/c1-12-10-13(2)22(20-12)9-5-7-18-17(23)15-6-4-8-21-14(3)11-19-16(15)21/h10-11,15H,4-9H2,1-3H3,(H,18,23). The molecular formula is C17H25N5O. The first-order valence-corrected chi connectivity index (χ1v) is 8.37. The van der Waals surface area contributed by atoms with Crippen LogP contribution in [0.2, 0.25) is 0 Å². The van der Waals surface area contributed by atoms with E-state index in [9.17, 15) is 4.79 Å². The molecule has 0 spiro atoms. The third-order valence-electron chi connectivity index (χ3n) is 4.54. The van der Waals surface area contributed by atoms with Crippen LogP contribution in [0.4, 0.5) is 0 Å². The van der Waals surface area contributed by atoms with Crippen LogP contribution in [0.3, 0.4) is 0 Å². The van der Waals surface area contributed by atoms with Gasteiger partial charge in [0.2, 0.25) is 5.91 Å². The fourth-order valence-corrected chi connectivity index (χ4v) is 3.34. The Balaban J connectivity index is 1.51. The molecule has 0 aromatic carbocycles. The fourth-order valence-electron chi connectivity index (χ4n) is 3.34. The SMILES string of the molecule is Cc1cc(C)n(CCCNC(=O)C2CCCn3c(C)cnc32)n1. The van der Waals surface area contributed by atoms with E-state index >= 15 is 0 Å². The zero-order valence-electron chi connectivity index (χ0n) is 14.2. The summed E-state index contributed by atoms with van der Waals surface area (Å²) in [5, 5.41) is 7.51. The predicted molar refractivity (Wildman–Crippen MR) is 88.3 cm³/mol. The highest BCUT2D eigenvalue weighted by atomic mass is 16.1. The van der Waals surface area contributed by atoms with Gasteiger partial charge in [0.15, 0.2) is 0 Å².